The molecule has 9 heteroatoms. The van der Waals surface area contributed by atoms with E-state index in [1.165, 1.54) is 12.8 Å². The second-order valence-corrected chi connectivity index (χ2v) is 10.5. The number of carbonyl (C=O) groups is 1. The van der Waals surface area contributed by atoms with Crippen molar-refractivity contribution in [3.05, 3.63) is 46.8 Å². The lowest BCUT2D eigenvalue weighted by atomic mass is 9.95. The molecule has 2 N–H and O–H groups in total. The molecule has 2 heterocycles. The smallest absolute Gasteiger partial charge is 0.255 e. The molecule has 0 radical (unpaired) electrons. The van der Waals surface area contributed by atoms with E-state index < -0.39 is 5.92 Å². The second kappa shape index (κ2) is 11.7. The van der Waals surface area contributed by atoms with Gasteiger partial charge >= 0.3 is 0 Å². The van der Waals surface area contributed by atoms with Gasteiger partial charge in [0.2, 0.25) is 5.92 Å². The highest BCUT2D eigenvalue weighted by atomic mass is 32.2. The summed E-state index contributed by atoms with van der Waals surface area (Å²) in [6.45, 7) is 2.69. The molecule has 1 atom stereocenters. The summed E-state index contributed by atoms with van der Waals surface area (Å²) in [5.74, 6) is -1.19. The van der Waals surface area contributed by atoms with Crippen molar-refractivity contribution in [1.29, 1.82) is 0 Å². The van der Waals surface area contributed by atoms with Crippen LogP contribution < -0.4 is 14.8 Å². The van der Waals surface area contributed by atoms with Crippen LogP contribution in [0.4, 0.5) is 8.78 Å². The molecule has 0 bridgehead atoms. The number of aromatic nitrogens is 2. The Bertz CT molecular complexity index is 1000. The molecule has 1 aromatic heterocycles. The minimum Gasteiger partial charge on any atom is -0.494 e. The molecule has 6 nitrogen and oxygen atoms in total. The maximum absolute atomic E-state index is 13.1. The van der Waals surface area contributed by atoms with E-state index in [9.17, 15) is 13.6 Å². The van der Waals surface area contributed by atoms with Crippen LogP contribution in [-0.2, 0) is 25.9 Å². The molecule has 2 aromatic rings. The van der Waals surface area contributed by atoms with Crippen molar-refractivity contribution in [3.63, 3.8) is 0 Å². The van der Waals surface area contributed by atoms with Gasteiger partial charge in [-0.05, 0) is 62.5 Å². The average Bonchev–Trinajstić information content (AvgIpc) is 3.58. The summed E-state index contributed by atoms with van der Waals surface area (Å²) in [5, 5.41) is 8.06. The van der Waals surface area contributed by atoms with Gasteiger partial charge in [0.1, 0.15) is 5.75 Å². The van der Waals surface area contributed by atoms with Crippen molar-refractivity contribution in [3.8, 4) is 5.75 Å². The lowest BCUT2D eigenvalue weighted by molar-refractivity contribution is 0.00768. The summed E-state index contributed by atoms with van der Waals surface area (Å²) >= 11 is 1.55. The Morgan fingerprint density at radius 3 is 2.89 bits per heavy atom. The van der Waals surface area contributed by atoms with Crippen molar-refractivity contribution < 1.29 is 18.3 Å². The Balaban J connectivity index is 1.34. The van der Waals surface area contributed by atoms with E-state index in [4.69, 9.17) is 9.84 Å². The van der Waals surface area contributed by atoms with Crippen LogP contribution in [0.3, 0.4) is 0 Å². The van der Waals surface area contributed by atoms with Gasteiger partial charge in [-0.2, -0.15) is 5.10 Å². The van der Waals surface area contributed by atoms with Crippen LogP contribution in [0.15, 0.2) is 24.3 Å². The van der Waals surface area contributed by atoms with E-state index in [0.717, 1.165) is 67.6 Å². The number of nitrogens with zero attached hydrogens (tertiary/aromatic N) is 2. The van der Waals surface area contributed by atoms with Crippen LogP contribution in [0.5, 0.6) is 5.75 Å². The van der Waals surface area contributed by atoms with Crippen molar-refractivity contribution in [1.82, 2.24) is 19.8 Å². The third-order valence-electron chi connectivity index (χ3n) is 6.67. The maximum Gasteiger partial charge on any atom is 0.255 e. The topological polar surface area (TPSA) is 68.2 Å². The number of nitrogens with one attached hydrogen (secondary N) is 2. The number of fused-ring (bicyclic) bond motifs is 1. The van der Waals surface area contributed by atoms with E-state index in [-0.39, 0.29) is 25.0 Å². The van der Waals surface area contributed by atoms with Crippen molar-refractivity contribution in [2.45, 2.75) is 83.3 Å². The third kappa shape index (κ3) is 7.67. The Hall–Kier alpha value is -2.13. The zero-order chi connectivity index (χ0) is 24.8. The number of rotatable bonds is 14. The SMILES string of the molecule is CSNCc1c2c(nn1CCC1CC1)CC(CCc1cccc(OCCCC(C)(F)F)c1)NC2=O. The second-order valence-electron chi connectivity index (χ2n) is 9.83. The number of halogens is 2. The fourth-order valence-electron chi connectivity index (χ4n) is 4.59. The van der Waals surface area contributed by atoms with Gasteiger partial charge in [-0.3, -0.25) is 14.2 Å². The summed E-state index contributed by atoms with van der Waals surface area (Å²) in [6, 6.07) is 7.78. The Kier molecular flexibility index (Phi) is 8.70. The molecule has 1 fully saturated rings. The van der Waals surface area contributed by atoms with Gasteiger partial charge in [-0.25, -0.2) is 8.78 Å². The molecular weight excluding hydrogens is 470 g/mol. The molecule has 1 amide bonds. The highest BCUT2D eigenvalue weighted by molar-refractivity contribution is 7.96. The molecule has 1 aliphatic heterocycles. The van der Waals surface area contributed by atoms with E-state index in [2.05, 4.69) is 10.0 Å². The number of amides is 1. The Morgan fingerprint density at radius 2 is 2.14 bits per heavy atom. The number of benzene rings is 1. The lowest BCUT2D eigenvalue weighted by Crippen LogP contribution is -2.41. The van der Waals surface area contributed by atoms with E-state index in [0.29, 0.717) is 18.7 Å². The standard InChI is InChI=1S/C26H36F2N4O2S/c1-26(27,28)12-4-14-34-21-6-3-5-19(15-21)9-10-20-16-22-24(25(33)30-20)23(17-29-35-2)32(31-22)13-11-18-7-8-18/h3,5-6,15,18,20,29H,4,7-14,16-17H2,1-2H3,(H,30,33). The fraction of sp³-hybridized carbons (Fsp3) is 0.615. The lowest BCUT2D eigenvalue weighted by Gasteiger charge is -2.23. The number of aryl methyl sites for hydroxylation is 2. The zero-order valence-electron chi connectivity index (χ0n) is 20.6. The van der Waals surface area contributed by atoms with Gasteiger partial charge in [0.05, 0.1) is 23.6 Å². The van der Waals surface area contributed by atoms with Gasteiger partial charge in [0.25, 0.3) is 5.91 Å². The fourth-order valence-corrected chi connectivity index (χ4v) is 4.87. The van der Waals surface area contributed by atoms with Crippen molar-refractivity contribution >= 4 is 17.9 Å². The number of alkyl halides is 2. The molecule has 1 aromatic carbocycles. The van der Waals surface area contributed by atoms with E-state index >= 15 is 0 Å². The minimum absolute atomic E-state index is 0.0273. The van der Waals surface area contributed by atoms with Gasteiger partial charge < -0.3 is 10.1 Å². The zero-order valence-corrected chi connectivity index (χ0v) is 21.4. The van der Waals surface area contributed by atoms with Crippen LogP contribution in [-0.4, -0.2) is 40.5 Å². The molecule has 1 saturated carbocycles. The molecular formula is C26H36F2N4O2S. The normalized spacial score (nSPS) is 17.8. The van der Waals surface area contributed by atoms with Crippen LogP contribution in [0, 0.1) is 5.92 Å². The van der Waals surface area contributed by atoms with Gasteiger partial charge in [0, 0.05) is 32.0 Å². The van der Waals surface area contributed by atoms with Crippen LogP contribution in [0.25, 0.3) is 0 Å². The monoisotopic (exact) mass is 506 g/mol. The molecule has 4 rings (SSSR count). The molecule has 0 saturated heterocycles. The summed E-state index contributed by atoms with van der Waals surface area (Å²) in [6.07, 6.45) is 8.16. The predicted molar refractivity (Wildman–Crippen MR) is 135 cm³/mol. The molecule has 2 aliphatic rings. The number of carbonyl (C=O) groups excluding carboxylic acids is 1. The van der Waals surface area contributed by atoms with Crippen molar-refractivity contribution in [2.75, 3.05) is 12.9 Å². The summed E-state index contributed by atoms with van der Waals surface area (Å²) < 4.78 is 36.9. The quantitative estimate of drug-likeness (QED) is 0.274. The molecule has 35 heavy (non-hydrogen) atoms. The first-order valence-electron chi connectivity index (χ1n) is 12.6. The first-order valence-corrected chi connectivity index (χ1v) is 13.8. The van der Waals surface area contributed by atoms with Crippen LogP contribution in [0.2, 0.25) is 0 Å². The van der Waals surface area contributed by atoms with Crippen molar-refractivity contribution in [2.24, 2.45) is 5.92 Å². The number of hydrogen-bond donors (Lipinski definition) is 2. The summed E-state index contributed by atoms with van der Waals surface area (Å²) in [4.78, 5) is 13.1. The number of ether oxygens (including phenoxy) is 1. The first-order chi connectivity index (χ1) is 16.8. The first kappa shape index (κ1) is 25.9. The molecule has 1 unspecified atom stereocenters. The Labute approximate surface area is 210 Å². The van der Waals surface area contributed by atoms with Crippen LogP contribution in [0.1, 0.15) is 72.8 Å². The van der Waals surface area contributed by atoms with E-state index in [1.807, 2.05) is 35.2 Å². The predicted octanol–water partition coefficient (Wildman–Crippen LogP) is 5.15. The van der Waals surface area contributed by atoms with E-state index in [1.54, 1.807) is 11.9 Å². The summed E-state index contributed by atoms with van der Waals surface area (Å²) in [7, 11) is 0. The Morgan fingerprint density at radius 1 is 1.31 bits per heavy atom. The maximum atomic E-state index is 13.1. The minimum atomic E-state index is -2.66. The molecule has 192 valence electrons. The molecule has 1 aliphatic carbocycles. The third-order valence-corrected chi connectivity index (χ3v) is 7.10. The average molecular weight is 507 g/mol. The summed E-state index contributed by atoms with van der Waals surface area (Å²) in [5.41, 5.74) is 3.73. The van der Waals surface area contributed by atoms with Crippen LogP contribution >= 0.6 is 11.9 Å². The highest BCUT2D eigenvalue weighted by Gasteiger charge is 2.32. The van der Waals surface area contributed by atoms with Gasteiger partial charge in [-0.1, -0.05) is 36.9 Å². The van der Waals surface area contributed by atoms with Gasteiger partial charge in [-0.15, -0.1) is 0 Å². The molecule has 0 spiro atoms. The van der Waals surface area contributed by atoms with Gasteiger partial charge in [0.15, 0.2) is 0 Å². The highest BCUT2D eigenvalue weighted by Crippen LogP contribution is 2.33. The largest absolute Gasteiger partial charge is 0.494 e. The number of hydrogen-bond acceptors (Lipinski definition) is 5.